The molecular weight excluding hydrogens is 366 g/mol. The molecule has 126 valence electrons. The van der Waals surface area contributed by atoms with Gasteiger partial charge in [0.15, 0.2) is 0 Å². The number of benzene rings is 1. The maximum absolute atomic E-state index is 12.9. The van der Waals surface area contributed by atoms with Gasteiger partial charge in [0.05, 0.1) is 11.7 Å². The number of aromatic nitrogens is 2. The van der Waals surface area contributed by atoms with Crippen LogP contribution in [0.1, 0.15) is 12.8 Å². The van der Waals surface area contributed by atoms with Crippen molar-refractivity contribution in [1.82, 2.24) is 13.1 Å². The molecule has 1 fully saturated rings. The number of piperidine rings is 1. The molecule has 0 aliphatic carbocycles. The summed E-state index contributed by atoms with van der Waals surface area (Å²) >= 11 is 2.62. The Morgan fingerprint density at radius 3 is 2.75 bits per heavy atom. The fourth-order valence-electron chi connectivity index (χ4n) is 2.83. The van der Waals surface area contributed by atoms with Crippen LogP contribution in [0.3, 0.4) is 0 Å². The lowest BCUT2D eigenvalue weighted by Crippen LogP contribution is -2.41. The summed E-state index contributed by atoms with van der Waals surface area (Å²) in [7, 11) is -3.56. The Balaban J connectivity index is 1.51. The molecule has 1 aliphatic rings. The minimum absolute atomic E-state index is 0.0581. The van der Waals surface area contributed by atoms with Crippen molar-refractivity contribution in [3.05, 3.63) is 35.0 Å². The lowest BCUT2D eigenvalue weighted by Gasteiger charge is -2.31. The molecule has 0 atom stereocenters. The second-order valence-corrected chi connectivity index (χ2v) is 8.78. The highest BCUT2D eigenvalue weighted by molar-refractivity contribution is 7.89. The van der Waals surface area contributed by atoms with Crippen molar-refractivity contribution in [3.8, 4) is 5.75 Å². The standard InChI is InChI=1S/C15H15N3O3S3/c19-24(20,14-3-1-2-13-15(14)17-23-16-13)18-7-4-11(5-8-18)21-12-6-9-22-10-12/h1-3,6,9-11H,4-5,7-8H2. The summed E-state index contributed by atoms with van der Waals surface area (Å²) in [6.45, 7) is 0.899. The first-order chi connectivity index (χ1) is 11.6. The lowest BCUT2D eigenvalue weighted by atomic mass is 10.1. The maximum Gasteiger partial charge on any atom is 0.245 e. The topological polar surface area (TPSA) is 72.4 Å². The average Bonchev–Trinajstić information content (AvgIpc) is 3.26. The van der Waals surface area contributed by atoms with Crippen LogP contribution >= 0.6 is 23.1 Å². The number of hydrogen-bond acceptors (Lipinski definition) is 7. The van der Waals surface area contributed by atoms with Crippen LogP contribution in [0.2, 0.25) is 0 Å². The van der Waals surface area contributed by atoms with Gasteiger partial charge in [0, 0.05) is 18.5 Å². The van der Waals surface area contributed by atoms with E-state index in [0.717, 1.165) is 17.5 Å². The summed E-state index contributed by atoms with van der Waals surface area (Å²) in [4.78, 5) is 0.242. The Labute approximate surface area is 148 Å². The van der Waals surface area contributed by atoms with Gasteiger partial charge in [-0.25, -0.2) is 8.42 Å². The molecule has 0 bridgehead atoms. The van der Waals surface area contributed by atoms with E-state index in [9.17, 15) is 8.42 Å². The molecule has 1 saturated heterocycles. The first-order valence-corrected chi connectivity index (χ1v) is 10.7. The van der Waals surface area contributed by atoms with Gasteiger partial charge in [0.2, 0.25) is 10.0 Å². The van der Waals surface area contributed by atoms with E-state index in [0.29, 0.717) is 37.0 Å². The number of nitrogens with zero attached hydrogens (tertiary/aromatic N) is 3. The fraction of sp³-hybridized carbons (Fsp3) is 0.333. The third kappa shape index (κ3) is 2.92. The molecule has 0 saturated carbocycles. The minimum Gasteiger partial charge on any atom is -0.489 e. The maximum atomic E-state index is 12.9. The van der Waals surface area contributed by atoms with Gasteiger partial charge < -0.3 is 4.74 Å². The van der Waals surface area contributed by atoms with Crippen LogP contribution in [0.15, 0.2) is 39.9 Å². The van der Waals surface area contributed by atoms with Crippen LogP contribution in [-0.2, 0) is 10.0 Å². The van der Waals surface area contributed by atoms with Crippen molar-refractivity contribution in [1.29, 1.82) is 0 Å². The van der Waals surface area contributed by atoms with Gasteiger partial charge in [0.1, 0.15) is 27.8 Å². The van der Waals surface area contributed by atoms with E-state index >= 15 is 0 Å². The van der Waals surface area contributed by atoms with Crippen LogP contribution in [0, 0.1) is 0 Å². The molecule has 0 spiro atoms. The van der Waals surface area contributed by atoms with Crippen LogP contribution in [-0.4, -0.2) is 40.7 Å². The van der Waals surface area contributed by atoms with Crippen molar-refractivity contribution >= 4 is 44.1 Å². The van der Waals surface area contributed by atoms with Gasteiger partial charge in [-0.1, -0.05) is 6.07 Å². The van der Waals surface area contributed by atoms with Gasteiger partial charge >= 0.3 is 0 Å². The Kier molecular flexibility index (Phi) is 4.25. The van der Waals surface area contributed by atoms with E-state index in [1.54, 1.807) is 29.5 Å². The zero-order valence-corrected chi connectivity index (χ0v) is 15.1. The molecule has 0 radical (unpaired) electrons. The van der Waals surface area contributed by atoms with Crippen molar-refractivity contribution in [2.75, 3.05) is 13.1 Å². The predicted octanol–water partition coefficient (Wildman–Crippen LogP) is 2.98. The highest BCUT2D eigenvalue weighted by atomic mass is 32.2. The molecule has 3 heterocycles. The van der Waals surface area contributed by atoms with E-state index in [4.69, 9.17) is 4.74 Å². The Hall–Kier alpha value is -1.55. The molecule has 6 nitrogen and oxygen atoms in total. The smallest absolute Gasteiger partial charge is 0.245 e. The zero-order valence-electron chi connectivity index (χ0n) is 12.7. The molecule has 4 rings (SSSR count). The molecular formula is C15H15N3O3S3. The normalized spacial score (nSPS) is 17.3. The van der Waals surface area contributed by atoms with Crippen LogP contribution in [0.5, 0.6) is 5.75 Å². The Morgan fingerprint density at radius 2 is 2.00 bits per heavy atom. The lowest BCUT2D eigenvalue weighted by molar-refractivity contribution is 0.135. The van der Waals surface area contributed by atoms with Crippen LogP contribution < -0.4 is 4.74 Å². The minimum atomic E-state index is -3.56. The van der Waals surface area contributed by atoms with Gasteiger partial charge in [0.25, 0.3) is 0 Å². The molecule has 0 unspecified atom stereocenters. The van der Waals surface area contributed by atoms with E-state index in [1.165, 1.54) is 4.31 Å². The number of sulfonamides is 1. The summed E-state index contributed by atoms with van der Waals surface area (Å²) in [6, 6.07) is 7.03. The summed E-state index contributed by atoms with van der Waals surface area (Å²) < 4.78 is 41.6. The summed E-state index contributed by atoms with van der Waals surface area (Å²) in [5.41, 5.74) is 1.08. The number of ether oxygens (including phenoxy) is 1. The fourth-order valence-corrected chi connectivity index (χ4v) is 5.61. The van der Waals surface area contributed by atoms with Crippen molar-refractivity contribution in [2.24, 2.45) is 0 Å². The molecule has 0 amide bonds. The molecule has 24 heavy (non-hydrogen) atoms. The van der Waals surface area contributed by atoms with Gasteiger partial charge in [-0.15, -0.1) is 11.3 Å². The highest BCUT2D eigenvalue weighted by Crippen LogP contribution is 2.28. The van der Waals surface area contributed by atoms with E-state index < -0.39 is 10.0 Å². The molecule has 2 aromatic heterocycles. The Morgan fingerprint density at radius 1 is 1.17 bits per heavy atom. The molecule has 3 aromatic rings. The second-order valence-electron chi connectivity index (χ2n) is 5.57. The largest absolute Gasteiger partial charge is 0.489 e. The van der Waals surface area contributed by atoms with E-state index in [-0.39, 0.29) is 11.0 Å². The average molecular weight is 382 g/mol. The molecule has 1 aliphatic heterocycles. The first kappa shape index (κ1) is 15.9. The first-order valence-electron chi connectivity index (χ1n) is 7.55. The number of hydrogen-bond donors (Lipinski definition) is 0. The van der Waals surface area contributed by atoms with Gasteiger partial charge in [-0.2, -0.15) is 13.1 Å². The monoisotopic (exact) mass is 381 g/mol. The van der Waals surface area contributed by atoms with Gasteiger partial charge in [-0.05, 0) is 36.4 Å². The molecule has 0 N–H and O–H groups in total. The highest BCUT2D eigenvalue weighted by Gasteiger charge is 2.32. The summed E-state index contributed by atoms with van der Waals surface area (Å²) in [6.07, 6.45) is 1.42. The van der Waals surface area contributed by atoms with Crippen molar-refractivity contribution in [2.45, 2.75) is 23.8 Å². The number of rotatable bonds is 4. The van der Waals surface area contributed by atoms with Crippen LogP contribution in [0.4, 0.5) is 0 Å². The third-order valence-electron chi connectivity index (χ3n) is 4.07. The predicted molar refractivity (Wildman–Crippen MR) is 94.1 cm³/mol. The zero-order chi connectivity index (χ0) is 16.6. The quantitative estimate of drug-likeness (QED) is 0.695. The third-order valence-corrected chi connectivity index (χ3v) is 7.20. The van der Waals surface area contributed by atoms with Crippen LogP contribution in [0.25, 0.3) is 11.0 Å². The summed E-state index contributed by atoms with van der Waals surface area (Å²) in [5.74, 6) is 0.861. The van der Waals surface area contributed by atoms with Gasteiger partial charge in [-0.3, -0.25) is 0 Å². The van der Waals surface area contributed by atoms with Crippen molar-refractivity contribution in [3.63, 3.8) is 0 Å². The Bertz CT molecular complexity index is 929. The SMILES string of the molecule is O=S(=O)(c1cccc2nsnc12)N1CCC(Oc2ccsc2)CC1. The van der Waals surface area contributed by atoms with Crippen molar-refractivity contribution < 1.29 is 13.2 Å². The van der Waals surface area contributed by atoms with E-state index in [2.05, 4.69) is 8.75 Å². The molecule has 1 aromatic carbocycles. The number of thiophene rings is 1. The number of fused-ring (bicyclic) bond motifs is 1. The summed E-state index contributed by atoms with van der Waals surface area (Å²) in [5, 5.41) is 3.93. The van der Waals surface area contributed by atoms with E-state index in [1.807, 2.05) is 16.8 Å². The molecule has 9 heteroatoms. The second kappa shape index (κ2) is 6.40.